The van der Waals surface area contributed by atoms with Gasteiger partial charge in [-0.2, -0.15) is 0 Å². The number of fused-ring (bicyclic) bond motifs is 1. The van der Waals surface area contributed by atoms with Crippen molar-refractivity contribution in [2.45, 2.75) is 31.7 Å². The number of carbonyl (C=O) groups is 2. The van der Waals surface area contributed by atoms with Crippen molar-refractivity contribution in [2.24, 2.45) is 0 Å². The second-order valence-corrected chi connectivity index (χ2v) is 6.89. The molecule has 0 atom stereocenters. The zero-order valence-corrected chi connectivity index (χ0v) is 15.3. The molecule has 1 N–H and O–H groups in total. The van der Waals surface area contributed by atoms with E-state index in [1.165, 1.54) is 0 Å². The molecule has 1 fully saturated rings. The quantitative estimate of drug-likeness (QED) is 0.774. The van der Waals surface area contributed by atoms with E-state index in [1.54, 1.807) is 22.5 Å². The summed E-state index contributed by atoms with van der Waals surface area (Å²) in [5.41, 5.74) is 1.68. The molecule has 138 valence electrons. The lowest BCUT2D eigenvalue weighted by Gasteiger charge is -2.16. The van der Waals surface area contributed by atoms with Gasteiger partial charge in [-0.15, -0.1) is 0 Å². The molecule has 0 saturated heterocycles. The Balaban J connectivity index is 1.69. The van der Waals surface area contributed by atoms with Crippen molar-refractivity contribution in [1.82, 2.24) is 14.7 Å². The Kier molecular flexibility index (Phi) is 4.62. The Bertz CT molecular complexity index is 974. The number of anilines is 1. The van der Waals surface area contributed by atoms with Gasteiger partial charge in [0.1, 0.15) is 0 Å². The van der Waals surface area contributed by atoms with Crippen LogP contribution in [0.4, 0.5) is 5.69 Å². The summed E-state index contributed by atoms with van der Waals surface area (Å²) in [6, 6.07) is 15.1. The first kappa shape index (κ1) is 17.3. The molecule has 4 rings (SSSR count). The van der Waals surface area contributed by atoms with Gasteiger partial charge in [0.15, 0.2) is 5.69 Å². The minimum absolute atomic E-state index is 0.194. The van der Waals surface area contributed by atoms with Crippen LogP contribution in [0.15, 0.2) is 54.7 Å². The molecule has 0 unspecified atom stereocenters. The first-order chi connectivity index (χ1) is 13.1. The Morgan fingerprint density at radius 2 is 1.78 bits per heavy atom. The summed E-state index contributed by atoms with van der Waals surface area (Å²) >= 11 is 0. The van der Waals surface area contributed by atoms with E-state index < -0.39 is 0 Å². The number of amides is 2. The van der Waals surface area contributed by atoms with Crippen LogP contribution in [0.5, 0.6) is 0 Å². The largest absolute Gasteiger partial charge is 0.347 e. The van der Waals surface area contributed by atoms with Gasteiger partial charge in [0.25, 0.3) is 11.8 Å². The monoisotopic (exact) mass is 362 g/mol. The van der Waals surface area contributed by atoms with E-state index in [0.717, 1.165) is 31.4 Å². The number of rotatable bonds is 4. The number of aromatic nitrogens is 2. The molecular formula is C21H22N4O2. The van der Waals surface area contributed by atoms with Gasteiger partial charge in [0.2, 0.25) is 5.82 Å². The lowest BCUT2D eigenvalue weighted by atomic mass is 10.2. The average molecular weight is 362 g/mol. The molecule has 6 heteroatoms. The summed E-state index contributed by atoms with van der Waals surface area (Å²) in [6.07, 6.45) is 6.04. The fourth-order valence-corrected chi connectivity index (χ4v) is 3.60. The molecule has 0 aliphatic heterocycles. The van der Waals surface area contributed by atoms with Gasteiger partial charge in [-0.1, -0.05) is 37.1 Å². The third kappa shape index (κ3) is 3.30. The van der Waals surface area contributed by atoms with E-state index in [4.69, 9.17) is 0 Å². The van der Waals surface area contributed by atoms with Crippen molar-refractivity contribution in [3.63, 3.8) is 0 Å². The molecule has 1 aliphatic carbocycles. The van der Waals surface area contributed by atoms with Crippen LogP contribution in [-0.4, -0.2) is 34.3 Å². The summed E-state index contributed by atoms with van der Waals surface area (Å²) in [7, 11) is 1.71. The molecule has 0 bridgehead atoms. The Hall–Kier alpha value is -3.15. The number of nitrogens with zero attached hydrogens (tertiary/aromatic N) is 3. The van der Waals surface area contributed by atoms with Gasteiger partial charge in [-0.3, -0.25) is 14.0 Å². The van der Waals surface area contributed by atoms with Crippen molar-refractivity contribution >= 4 is 23.0 Å². The van der Waals surface area contributed by atoms with E-state index in [1.807, 2.05) is 48.5 Å². The minimum atomic E-state index is -0.246. The maximum absolute atomic E-state index is 13.1. The fraction of sp³-hybridized carbons (Fsp3) is 0.286. The van der Waals surface area contributed by atoms with E-state index in [9.17, 15) is 9.59 Å². The van der Waals surface area contributed by atoms with Crippen LogP contribution in [0.3, 0.4) is 0 Å². The normalized spacial score (nSPS) is 14.4. The van der Waals surface area contributed by atoms with Gasteiger partial charge in [0, 0.05) is 25.0 Å². The molecule has 0 radical (unpaired) electrons. The van der Waals surface area contributed by atoms with Gasteiger partial charge in [0.05, 0.1) is 5.52 Å². The Labute approximate surface area is 157 Å². The maximum Gasteiger partial charge on any atom is 0.287 e. The molecule has 27 heavy (non-hydrogen) atoms. The van der Waals surface area contributed by atoms with Crippen LogP contribution in [-0.2, 0) is 0 Å². The standard InChI is InChI=1S/C21H22N4O2/c1-24(16-11-3-2-4-12-16)21(27)18-17-13-7-8-14-25(17)19(23-18)20(26)22-15-9-5-6-10-15/h2-4,7-8,11-15H,5-6,9-10H2,1H3,(H,22,26). The third-order valence-electron chi connectivity index (χ3n) is 5.09. The molecule has 2 heterocycles. The van der Waals surface area contributed by atoms with Crippen molar-refractivity contribution in [2.75, 3.05) is 11.9 Å². The van der Waals surface area contributed by atoms with Crippen LogP contribution in [0, 0.1) is 0 Å². The van der Waals surface area contributed by atoms with Crippen molar-refractivity contribution < 1.29 is 9.59 Å². The van der Waals surface area contributed by atoms with Crippen molar-refractivity contribution in [1.29, 1.82) is 0 Å². The highest BCUT2D eigenvalue weighted by Crippen LogP contribution is 2.21. The number of para-hydroxylation sites is 1. The summed E-state index contributed by atoms with van der Waals surface area (Å²) in [5.74, 6) is -0.225. The highest BCUT2D eigenvalue weighted by molar-refractivity contribution is 6.10. The maximum atomic E-state index is 13.1. The molecule has 1 aromatic carbocycles. The predicted molar refractivity (Wildman–Crippen MR) is 104 cm³/mol. The van der Waals surface area contributed by atoms with Gasteiger partial charge in [-0.05, 0) is 37.1 Å². The number of hydrogen-bond acceptors (Lipinski definition) is 3. The lowest BCUT2D eigenvalue weighted by molar-refractivity contribution is 0.0926. The molecule has 6 nitrogen and oxygen atoms in total. The molecule has 2 aromatic heterocycles. The number of nitrogens with one attached hydrogen (secondary N) is 1. The predicted octanol–water partition coefficient (Wildman–Crippen LogP) is 3.28. The summed E-state index contributed by atoms with van der Waals surface area (Å²) in [6.45, 7) is 0. The summed E-state index contributed by atoms with van der Waals surface area (Å²) in [5, 5.41) is 3.05. The van der Waals surface area contributed by atoms with Crippen LogP contribution in [0.2, 0.25) is 0 Å². The minimum Gasteiger partial charge on any atom is -0.347 e. The second kappa shape index (κ2) is 7.23. The topological polar surface area (TPSA) is 66.7 Å². The lowest BCUT2D eigenvalue weighted by Crippen LogP contribution is -2.34. The van der Waals surface area contributed by atoms with E-state index in [2.05, 4.69) is 10.3 Å². The Morgan fingerprint density at radius 1 is 1.07 bits per heavy atom. The number of imidazole rings is 1. The van der Waals surface area contributed by atoms with Crippen LogP contribution < -0.4 is 10.2 Å². The number of pyridine rings is 1. The Morgan fingerprint density at radius 3 is 2.52 bits per heavy atom. The van der Waals surface area contributed by atoms with Gasteiger partial charge in [-0.25, -0.2) is 4.98 Å². The zero-order valence-electron chi connectivity index (χ0n) is 15.3. The van der Waals surface area contributed by atoms with Crippen LogP contribution in [0.1, 0.15) is 46.8 Å². The summed E-state index contributed by atoms with van der Waals surface area (Å²) in [4.78, 5) is 31.8. The third-order valence-corrected chi connectivity index (χ3v) is 5.09. The molecular weight excluding hydrogens is 340 g/mol. The van der Waals surface area contributed by atoms with Crippen molar-refractivity contribution in [3.8, 4) is 0 Å². The molecule has 3 aromatic rings. The summed E-state index contributed by atoms with van der Waals surface area (Å²) < 4.78 is 1.69. The number of benzene rings is 1. The van der Waals surface area contributed by atoms with Crippen molar-refractivity contribution in [3.05, 3.63) is 66.2 Å². The first-order valence-corrected chi connectivity index (χ1v) is 9.26. The van der Waals surface area contributed by atoms with E-state index >= 15 is 0 Å². The molecule has 2 amide bonds. The molecule has 1 aliphatic rings. The number of hydrogen-bond donors (Lipinski definition) is 1. The first-order valence-electron chi connectivity index (χ1n) is 9.26. The molecule has 0 spiro atoms. The molecule has 1 saturated carbocycles. The zero-order chi connectivity index (χ0) is 18.8. The van der Waals surface area contributed by atoms with E-state index in [-0.39, 0.29) is 29.4 Å². The van der Waals surface area contributed by atoms with Crippen LogP contribution in [0.25, 0.3) is 5.52 Å². The van der Waals surface area contributed by atoms with Crippen LogP contribution >= 0.6 is 0 Å². The van der Waals surface area contributed by atoms with Gasteiger partial charge < -0.3 is 10.2 Å². The van der Waals surface area contributed by atoms with E-state index in [0.29, 0.717) is 5.52 Å². The number of carbonyl (C=O) groups excluding carboxylic acids is 2. The van der Waals surface area contributed by atoms with Gasteiger partial charge >= 0.3 is 0 Å². The second-order valence-electron chi connectivity index (χ2n) is 6.89. The highest BCUT2D eigenvalue weighted by atomic mass is 16.2. The smallest absolute Gasteiger partial charge is 0.287 e. The fourth-order valence-electron chi connectivity index (χ4n) is 3.60. The average Bonchev–Trinajstić information content (AvgIpc) is 3.35. The highest BCUT2D eigenvalue weighted by Gasteiger charge is 2.26. The SMILES string of the molecule is CN(C(=O)c1nc(C(=O)NC2CCCC2)n2ccccc12)c1ccccc1.